The molecule has 1 saturated carbocycles. The van der Waals surface area contributed by atoms with Crippen LogP contribution in [0, 0.1) is 30.6 Å². The van der Waals surface area contributed by atoms with E-state index in [1.54, 1.807) is 48.5 Å². The second-order valence-electron chi connectivity index (χ2n) is 13.5. The largest absolute Gasteiger partial charge is 0.508 e. The number of amides is 4. The summed E-state index contributed by atoms with van der Waals surface area (Å²) in [5.74, 6) is -4.91. The molecule has 0 radical (unpaired) electrons. The fourth-order valence-electron chi connectivity index (χ4n) is 9.00. The number of phenols is 1. The van der Waals surface area contributed by atoms with Crippen LogP contribution in [0.2, 0.25) is 10.0 Å². The van der Waals surface area contributed by atoms with Gasteiger partial charge in [0.1, 0.15) is 11.5 Å². The van der Waals surface area contributed by atoms with Gasteiger partial charge in [0.2, 0.25) is 23.6 Å². The van der Waals surface area contributed by atoms with Crippen LogP contribution in [0.3, 0.4) is 0 Å². The minimum Gasteiger partial charge on any atom is -0.508 e. The zero-order valence-electron chi connectivity index (χ0n) is 27.2. The van der Waals surface area contributed by atoms with Crippen LogP contribution in [0.4, 0.5) is 11.4 Å². The number of fused-ring (bicyclic) bond motifs is 4. The Morgan fingerprint density at radius 3 is 2.28 bits per heavy atom. The zero-order chi connectivity index (χ0) is 35.1. The van der Waals surface area contributed by atoms with Gasteiger partial charge in [0.05, 0.1) is 41.7 Å². The van der Waals surface area contributed by atoms with Crippen molar-refractivity contribution in [1.82, 2.24) is 0 Å². The van der Waals surface area contributed by atoms with E-state index in [0.29, 0.717) is 38.3 Å². The van der Waals surface area contributed by atoms with Gasteiger partial charge in [-0.1, -0.05) is 83.4 Å². The standard InChI is InChI=1S/C40H32Cl2N2O6/c1-21-11-12-25(18-32(21)42)43-36(46)29-16-15-27-30(34(29)38(43)48)20-31-37(47)44(24-10-6-9-23(41)17-24)39(49)40(31,22-7-4-3-5-8-22)35(27)28-14-13-26(45)19-33(28)50-2/h3-15,17-19,29-31,34-35,45H,16,20H2,1-2H3. The lowest BCUT2D eigenvalue weighted by Gasteiger charge is -2.51. The molecule has 2 aliphatic carbocycles. The Bertz CT molecular complexity index is 2150. The maximum atomic E-state index is 15.4. The molecule has 0 bridgehead atoms. The minimum absolute atomic E-state index is 0.0284. The van der Waals surface area contributed by atoms with Gasteiger partial charge in [-0.15, -0.1) is 0 Å². The molecule has 50 heavy (non-hydrogen) atoms. The van der Waals surface area contributed by atoms with E-state index in [9.17, 15) is 19.5 Å². The molecule has 4 amide bonds. The molecule has 2 aliphatic heterocycles. The van der Waals surface area contributed by atoms with E-state index >= 15 is 4.79 Å². The van der Waals surface area contributed by atoms with Crippen LogP contribution in [-0.2, 0) is 24.6 Å². The van der Waals surface area contributed by atoms with Crippen molar-refractivity contribution in [3.05, 3.63) is 129 Å². The van der Waals surface area contributed by atoms with Crippen molar-refractivity contribution in [3.8, 4) is 11.5 Å². The molecule has 4 aliphatic rings. The third kappa shape index (κ3) is 4.51. The molecule has 8 nitrogen and oxygen atoms in total. The normalized spacial score (nSPS) is 27.2. The number of benzene rings is 4. The molecule has 2 saturated heterocycles. The summed E-state index contributed by atoms with van der Waals surface area (Å²) in [6.45, 7) is 1.85. The Kier molecular flexibility index (Phi) is 7.66. The molecule has 0 spiro atoms. The summed E-state index contributed by atoms with van der Waals surface area (Å²) >= 11 is 12.8. The summed E-state index contributed by atoms with van der Waals surface area (Å²) in [5.41, 5.74) is 2.11. The van der Waals surface area contributed by atoms with E-state index in [-0.39, 0.29) is 30.4 Å². The van der Waals surface area contributed by atoms with Gasteiger partial charge in [0.25, 0.3) is 0 Å². The number of rotatable bonds is 5. The quantitative estimate of drug-likeness (QED) is 0.172. The molecule has 8 rings (SSSR count). The minimum atomic E-state index is -1.46. The first kappa shape index (κ1) is 32.3. The topological polar surface area (TPSA) is 104 Å². The Hall–Kier alpha value is -4.92. The summed E-state index contributed by atoms with van der Waals surface area (Å²) in [5, 5.41) is 11.3. The van der Waals surface area contributed by atoms with Crippen LogP contribution in [-0.4, -0.2) is 35.8 Å². The van der Waals surface area contributed by atoms with Gasteiger partial charge in [-0.3, -0.25) is 19.2 Å². The average Bonchev–Trinajstić information content (AvgIpc) is 3.50. The number of aryl methyl sites for hydroxylation is 1. The van der Waals surface area contributed by atoms with E-state index in [0.717, 1.165) is 11.1 Å². The number of anilines is 2. The number of allylic oxidation sites excluding steroid dienone is 2. The van der Waals surface area contributed by atoms with Crippen LogP contribution in [0.25, 0.3) is 0 Å². The third-order valence-corrected chi connectivity index (χ3v) is 11.8. The van der Waals surface area contributed by atoms with E-state index in [1.165, 1.54) is 29.0 Å². The first-order valence-corrected chi connectivity index (χ1v) is 17.2. The lowest BCUT2D eigenvalue weighted by atomic mass is 9.49. The molecule has 1 N–H and O–H groups in total. The Morgan fingerprint density at radius 2 is 1.56 bits per heavy atom. The number of carbonyl (C=O) groups is 4. The van der Waals surface area contributed by atoms with Gasteiger partial charge >= 0.3 is 0 Å². The highest BCUT2D eigenvalue weighted by Crippen LogP contribution is 2.65. The van der Waals surface area contributed by atoms with E-state index in [2.05, 4.69) is 0 Å². The van der Waals surface area contributed by atoms with Gasteiger partial charge in [-0.05, 0) is 73.2 Å². The Morgan fingerprint density at radius 1 is 0.800 bits per heavy atom. The molecule has 0 aromatic heterocycles. The van der Waals surface area contributed by atoms with Crippen molar-refractivity contribution in [3.63, 3.8) is 0 Å². The smallest absolute Gasteiger partial charge is 0.246 e. The van der Waals surface area contributed by atoms with Crippen molar-refractivity contribution in [2.75, 3.05) is 16.9 Å². The van der Waals surface area contributed by atoms with Gasteiger partial charge in [-0.25, -0.2) is 9.80 Å². The molecular formula is C40H32Cl2N2O6. The number of hydrogen-bond acceptors (Lipinski definition) is 6. The second-order valence-corrected chi connectivity index (χ2v) is 14.3. The Balaban J connectivity index is 1.36. The van der Waals surface area contributed by atoms with Crippen LogP contribution in [0.5, 0.6) is 11.5 Å². The van der Waals surface area contributed by atoms with Crippen molar-refractivity contribution >= 4 is 58.2 Å². The fraction of sp³-hybridized carbons (Fsp3) is 0.250. The molecule has 10 heteroatoms. The van der Waals surface area contributed by atoms with Crippen molar-refractivity contribution in [1.29, 1.82) is 0 Å². The average molecular weight is 708 g/mol. The molecule has 4 aromatic carbocycles. The van der Waals surface area contributed by atoms with Gasteiger partial charge in [-0.2, -0.15) is 0 Å². The maximum absolute atomic E-state index is 15.4. The van der Waals surface area contributed by atoms with Gasteiger partial charge in [0.15, 0.2) is 0 Å². The third-order valence-electron chi connectivity index (χ3n) is 11.1. The molecule has 252 valence electrons. The lowest BCUT2D eigenvalue weighted by Crippen LogP contribution is -2.53. The highest BCUT2D eigenvalue weighted by molar-refractivity contribution is 6.33. The highest BCUT2D eigenvalue weighted by atomic mass is 35.5. The number of phenolic OH excluding ortho intramolecular Hbond substituents is 1. The predicted octanol–water partition coefficient (Wildman–Crippen LogP) is 7.38. The van der Waals surface area contributed by atoms with E-state index < -0.39 is 46.8 Å². The van der Waals surface area contributed by atoms with E-state index in [1.807, 2.05) is 43.3 Å². The van der Waals surface area contributed by atoms with Crippen molar-refractivity contribution < 1.29 is 29.0 Å². The summed E-state index contributed by atoms with van der Waals surface area (Å²) in [4.78, 5) is 61.3. The summed E-state index contributed by atoms with van der Waals surface area (Å²) in [6.07, 6.45) is 2.41. The first-order chi connectivity index (χ1) is 24.1. The predicted molar refractivity (Wildman–Crippen MR) is 189 cm³/mol. The SMILES string of the molecule is COc1cc(O)ccc1C1C2=CCC3C(=O)N(c4ccc(C)c(Cl)c4)C(=O)C3C2CC2C(=O)N(c3cccc(Cl)c3)C(=O)C21c1ccccc1. The zero-order valence-corrected chi connectivity index (χ0v) is 28.7. The molecule has 2 heterocycles. The summed E-state index contributed by atoms with van der Waals surface area (Å²) in [7, 11) is 1.49. The Labute approximate surface area is 298 Å². The molecular weight excluding hydrogens is 675 g/mol. The maximum Gasteiger partial charge on any atom is 0.246 e. The molecule has 6 unspecified atom stereocenters. The number of imide groups is 2. The van der Waals surface area contributed by atoms with Crippen molar-refractivity contribution in [2.45, 2.75) is 31.1 Å². The molecule has 4 aromatic rings. The van der Waals surface area contributed by atoms with Crippen molar-refractivity contribution in [2.24, 2.45) is 23.7 Å². The number of aromatic hydroxyl groups is 1. The number of methoxy groups -OCH3 is 1. The fourth-order valence-corrected chi connectivity index (χ4v) is 9.36. The monoisotopic (exact) mass is 706 g/mol. The van der Waals surface area contributed by atoms with Crippen LogP contribution in [0.15, 0.2) is 103 Å². The van der Waals surface area contributed by atoms with Gasteiger partial charge in [0, 0.05) is 27.6 Å². The number of hydrogen-bond donors (Lipinski definition) is 1. The second kappa shape index (κ2) is 11.9. The molecule has 6 atom stereocenters. The van der Waals surface area contributed by atoms with Crippen LogP contribution >= 0.6 is 23.2 Å². The van der Waals surface area contributed by atoms with Gasteiger partial charge < -0.3 is 9.84 Å². The van der Waals surface area contributed by atoms with E-state index in [4.69, 9.17) is 27.9 Å². The number of nitrogens with zero attached hydrogens (tertiary/aromatic N) is 2. The van der Waals surface area contributed by atoms with Crippen LogP contribution < -0.4 is 14.5 Å². The number of ether oxygens (including phenoxy) is 1. The summed E-state index contributed by atoms with van der Waals surface area (Å²) < 4.78 is 5.84. The number of halogens is 2. The number of carbonyl (C=O) groups excluding carboxylic acids is 4. The summed E-state index contributed by atoms with van der Waals surface area (Å²) in [6, 6.07) is 25.8. The van der Waals surface area contributed by atoms with Crippen LogP contribution in [0.1, 0.15) is 35.4 Å². The first-order valence-electron chi connectivity index (χ1n) is 16.5. The highest BCUT2D eigenvalue weighted by Gasteiger charge is 2.70. The molecule has 3 fully saturated rings. The lowest BCUT2D eigenvalue weighted by molar-refractivity contribution is -0.127.